The Morgan fingerprint density at radius 3 is 2.00 bits per heavy atom. The van der Waals surface area contributed by atoms with Crippen LogP contribution in [-0.2, 0) is 13.1 Å². The van der Waals surface area contributed by atoms with Gasteiger partial charge in [0.05, 0.1) is 12.6 Å². The lowest BCUT2D eigenvalue weighted by Gasteiger charge is -2.39. The Bertz CT molecular complexity index is 884. The quantitative estimate of drug-likeness (QED) is 0.574. The first kappa shape index (κ1) is 20.7. The number of aromatic nitrogens is 4. The average molecular weight is 405 g/mol. The summed E-state index contributed by atoms with van der Waals surface area (Å²) < 4.78 is 1.98. The molecule has 0 aliphatic carbocycles. The number of rotatable bonds is 8. The maximum absolute atomic E-state index is 4.47. The van der Waals surface area contributed by atoms with E-state index in [0.717, 1.165) is 45.0 Å². The molecule has 0 spiro atoms. The molecule has 1 fully saturated rings. The van der Waals surface area contributed by atoms with E-state index in [9.17, 15) is 0 Å². The number of hydrogen-bond donors (Lipinski definition) is 0. The second-order valence-corrected chi connectivity index (χ2v) is 8.62. The molecule has 1 aliphatic rings. The SMILES string of the molecule is CC(C)C[C@@H](c1nnnn1Cc1ccccc1)N1CCN(Cc2ccccc2)CC1. The first-order chi connectivity index (χ1) is 14.7. The molecule has 1 saturated heterocycles. The van der Waals surface area contributed by atoms with E-state index in [-0.39, 0.29) is 6.04 Å². The zero-order valence-electron chi connectivity index (χ0n) is 18.1. The highest BCUT2D eigenvalue weighted by atomic mass is 15.6. The molecule has 0 bridgehead atoms. The minimum atomic E-state index is 0.252. The summed E-state index contributed by atoms with van der Waals surface area (Å²) in [6.07, 6.45) is 1.06. The van der Waals surface area contributed by atoms with Gasteiger partial charge in [0.1, 0.15) is 0 Å². The second kappa shape index (κ2) is 9.96. The smallest absolute Gasteiger partial charge is 0.168 e. The molecule has 0 unspecified atom stereocenters. The lowest BCUT2D eigenvalue weighted by atomic mass is 10.0. The predicted molar refractivity (Wildman–Crippen MR) is 119 cm³/mol. The van der Waals surface area contributed by atoms with Crippen molar-refractivity contribution < 1.29 is 0 Å². The van der Waals surface area contributed by atoms with E-state index >= 15 is 0 Å². The number of tetrazole rings is 1. The lowest BCUT2D eigenvalue weighted by molar-refractivity contribution is 0.0770. The zero-order valence-corrected chi connectivity index (χ0v) is 18.1. The molecule has 0 saturated carbocycles. The van der Waals surface area contributed by atoms with Crippen LogP contribution in [0.1, 0.15) is 43.3 Å². The van der Waals surface area contributed by atoms with Crippen LogP contribution in [0.25, 0.3) is 0 Å². The summed E-state index contributed by atoms with van der Waals surface area (Å²) in [4.78, 5) is 5.12. The van der Waals surface area contributed by atoms with Crippen molar-refractivity contribution in [3.63, 3.8) is 0 Å². The third kappa shape index (κ3) is 5.32. The molecule has 1 atom stereocenters. The van der Waals surface area contributed by atoms with E-state index in [1.54, 1.807) is 0 Å². The van der Waals surface area contributed by atoms with Crippen molar-refractivity contribution >= 4 is 0 Å². The number of hydrogen-bond acceptors (Lipinski definition) is 5. The van der Waals surface area contributed by atoms with E-state index in [0.29, 0.717) is 12.5 Å². The van der Waals surface area contributed by atoms with Gasteiger partial charge >= 0.3 is 0 Å². The topological polar surface area (TPSA) is 50.1 Å². The van der Waals surface area contributed by atoms with Gasteiger partial charge in [-0.3, -0.25) is 9.80 Å². The Hall–Kier alpha value is -2.57. The fraction of sp³-hybridized carbons (Fsp3) is 0.458. The average Bonchev–Trinajstić information content (AvgIpc) is 3.22. The molecule has 3 aromatic rings. The van der Waals surface area contributed by atoms with Gasteiger partial charge in [-0.05, 0) is 33.9 Å². The zero-order chi connectivity index (χ0) is 20.8. The van der Waals surface area contributed by atoms with Gasteiger partial charge in [-0.2, -0.15) is 0 Å². The molecule has 6 heteroatoms. The van der Waals surface area contributed by atoms with E-state index in [1.807, 2.05) is 10.7 Å². The van der Waals surface area contributed by atoms with Gasteiger partial charge in [0.2, 0.25) is 0 Å². The van der Waals surface area contributed by atoms with Gasteiger partial charge in [-0.15, -0.1) is 5.10 Å². The van der Waals surface area contributed by atoms with Crippen LogP contribution in [0, 0.1) is 5.92 Å². The normalized spacial score (nSPS) is 16.8. The highest BCUT2D eigenvalue weighted by molar-refractivity contribution is 5.16. The monoisotopic (exact) mass is 404 g/mol. The Labute approximate surface area is 179 Å². The van der Waals surface area contributed by atoms with Crippen molar-refractivity contribution in [2.24, 2.45) is 5.92 Å². The van der Waals surface area contributed by atoms with Crippen LogP contribution in [0.2, 0.25) is 0 Å². The van der Waals surface area contributed by atoms with Gasteiger partial charge in [0.15, 0.2) is 5.82 Å². The fourth-order valence-corrected chi connectivity index (χ4v) is 4.26. The third-order valence-corrected chi connectivity index (χ3v) is 5.82. The molecule has 2 heterocycles. The fourth-order valence-electron chi connectivity index (χ4n) is 4.26. The summed E-state index contributed by atoms with van der Waals surface area (Å²) in [5, 5.41) is 12.8. The summed E-state index contributed by atoms with van der Waals surface area (Å²) in [7, 11) is 0. The molecule has 4 rings (SSSR count). The third-order valence-electron chi connectivity index (χ3n) is 5.82. The van der Waals surface area contributed by atoms with Crippen molar-refractivity contribution in [1.29, 1.82) is 0 Å². The molecule has 158 valence electrons. The minimum Gasteiger partial charge on any atom is -0.297 e. The first-order valence-electron chi connectivity index (χ1n) is 11.0. The number of nitrogens with zero attached hydrogens (tertiary/aromatic N) is 6. The van der Waals surface area contributed by atoms with Gasteiger partial charge in [0, 0.05) is 32.7 Å². The van der Waals surface area contributed by atoms with Gasteiger partial charge in [-0.25, -0.2) is 4.68 Å². The molecular formula is C24H32N6. The summed E-state index contributed by atoms with van der Waals surface area (Å²) in [6.45, 7) is 10.5. The van der Waals surface area contributed by atoms with E-state index in [2.05, 4.69) is 93.8 Å². The van der Waals surface area contributed by atoms with Crippen LogP contribution in [0.15, 0.2) is 60.7 Å². The van der Waals surface area contributed by atoms with Crippen LogP contribution in [0.4, 0.5) is 0 Å². The highest BCUT2D eigenvalue weighted by Crippen LogP contribution is 2.28. The maximum Gasteiger partial charge on any atom is 0.168 e. The highest BCUT2D eigenvalue weighted by Gasteiger charge is 2.29. The summed E-state index contributed by atoms with van der Waals surface area (Å²) in [6, 6.07) is 21.4. The predicted octanol–water partition coefficient (Wildman–Crippen LogP) is 3.63. The Balaban J connectivity index is 1.44. The molecule has 0 amide bonds. The molecule has 0 radical (unpaired) electrons. The van der Waals surface area contributed by atoms with E-state index < -0.39 is 0 Å². The van der Waals surface area contributed by atoms with Crippen LogP contribution in [0.5, 0.6) is 0 Å². The van der Waals surface area contributed by atoms with Gasteiger partial charge in [-0.1, -0.05) is 74.5 Å². The molecule has 6 nitrogen and oxygen atoms in total. The van der Waals surface area contributed by atoms with Crippen LogP contribution in [-0.4, -0.2) is 56.2 Å². The Morgan fingerprint density at radius 2 is 1.40 bits per heavy atom. The Morgan fingerprint density at radius 1 is 0.800 bits per heavy atom. The largest absolute Gasteiger partial charge is 0.297 e. The first-order valence-corrected chi connectivity index (χ1v) is 11.0. The summed E-state index contributed by atoms with van der Waals surface area (Å²) in [5.74, 6) is 1.57. The molecule has 1 aromatic heterocycles. The molecular weight excluding hydrogens is 372 g/mol. The van der Waals surface area contributed by atoms with Crippen molar-refractivity contribution in [2.75, 3.05) is 26.2 Å². The summed E-state index contributed by atoms with van der Waals surface area (Å²) >= 11 is 0. The van der Waals surface area contributed by atoms with Gasteiger partial charge in [0.25, 0.3) is 0 Å². The van der Waals surface area contributed by atoms with E-state index in [1.165, 1.54) is 11.1 Å². The lowest BCUT2D eigenvalue weighted by Crippen LogP contribution is -2.48. The van der Waals surface area contributed by atoms with Crippen molar-refractivity contribution in [1.82, 2.24) is 30.0 Å². The van der Waals surface area contributed by atoms with Gasteiger partial charge < -0.3 is 0 Å². The van der Waals surface area contributed by atoms with Crippen LogP contribution < -0.4 is 0 Å². The molecule has 1 aliphatic heterocycles. The Kier molecular flexibility index (Phi) is 6.87. The molecule has 30 heavy (non-hydrogen) atoms. The maximum atomic E-state index is 4.47. The molecule has 0 N–H and O–H groups in total. The van der Waals surface area contributed by atoms with Crippen molar-refractivity contribution in [3.05, 3.63) is 77.6 Å². The van der Waals surface area contributed by atoms with Crippen molar-refractivity contribution in [3.8, 4) is 0 Å². The number of benzene rings is 2. The number of piperazine rings is 1. The molecule has 2 aromatic carbocycles. The second-order valence-electron chi connectivity index (χ2n) is 8.62. The van der Waals surface area contributed by atoms with Crippen molar-refractivity contribution in [2.45, 2.75) is 39.4 Å². The minimum absolute atomic E-state index is 0.252. The summed E-state index contributed by atoms with van der Waals surface area (Å²) in [5.41, 5.74) is 2.61. The van der Waals surface area contributed by atoms with Crippen LogP contribution in [0.3, 0.4) is 0 Å². The van der Waals surface area contributed by atoms with Crippen LogP contribution >= 0.6 is 0 Å². The standard InChI is InChI=1S/C24H32N6/c1-20(2)17-23(24-25-26-27-30(24)19-22-11-7-4-8-12-22)29-15-13-28(14-16-29)18-21-9-5-3-6-10-21/h3-12,20,23H,13-19H2,1-2H3/t23-/m0/s1. The van der Waals surface area contributed by atoms with E-state index in [4.69, 9.17) is 0 Å².